The summed E-state index contributed by atoms with van der Waals surface area (Å²) in [4.78, 5) is 10.3. The SMILES string of the molecule is CCCCCCCC/C=C\CCCCCCCC(=O)O.[OH][Ti]. The number of aliphatic carboxylic acids is 1. The maximum absolute atomic E-state index is 10.3. The standard InChI is InChI=1S/C18H34O2.H2O.Ti/c1-2-3-4-5-6-7-8-9-10-11-12-13-14-15-16-17-18(19)20;;/h9-10H,2-8,11-17H2,1H3,(H,19,20);1H2;/q;;+1/p-1/b10-9-;;. The fourth-order valence-corrected chi connectivity index (χ4v) is 2.35. The molecule has 0 atom stereocenters. The molecule has 0 aromatic rings. The zero-order chi connectivity index (χ0) is 16.9. The summed E-state index contributed by atoms with van der Waals surface area (Å²) in [6.45, 7) is 2.26. The van der Waals surface area contributed by atoms with E-state index in [0.717, 1.165) is 33.7 Å². The quantitative estimate of drug-likeness (QED) is 0.232. The summed E-state index contributed by atoms with van der Waals surface area (Å²) in [6, 6.07) is 0. The number of allylic oxidation sites excluding steroid dienone is 2. The fraction of sp³-hybridized carbons (Fsp3) is 0.833. The van der Waals surface area contributed by atoms with E-state index in [2.05, 4.69) is 19.1 Å². The van der Waals surface area contributed by atoms with Crippen LogP contribution in [-0.2, 0) is 25.6 Å². The van der Waals surface area contributed by atoms with E-state index < -0.39 is 5.97 Å². The van der Waals surface area contributed by atoms with Crippen LogP contribution < -0.4 is 0 Å². The molecule has 0 amide bonds. The normalized spacial score (nSPS) is 10.4. The summed E-state index contributed by atoms with van der Waals surface area (Å²) >= 11 is 1.00. The third kappa shape index (κ3) is 24.9. The van der Waals surface area contributed by atoms with Crippen LogP contribution in [0.15, 0.2) is 12.2 Å². The van der Waals surface area contributed by atoms with Crippen molar-refractivity contribution in [2.24, 2.45) is 0 Å². The van der Waals surface area contributed by atoms with E-state index in [4.69, 9.17) is 8.79 Å². The van der Waals surface area contributed by atoms with Gasteiger partial charge in [0.05, 0.1) is 0 Å². The van der Waals surface area contributed by atoms with Crippen molar-refractivity contribution in [2.75, 3.05) is 0 Å². The van der Waals surface area contributed by atoms with Crippen LogP contribution in [0.4, 0.5) is 0 Å². The molecule has 0 radical (unpaired) electrons. The molecule has 0 fully saturated rings. The molecule has 22 heavy (non-hydrogen) atoms. The van der Waals surface area contributed by atoms with E-state index in [1.807, 2.05) is 0 Å². The van der Waals surface area contributed by atoms with Gasteiger partial charge in [-0.05, 0) is 32.1 Å². The first-order valence-electron chi connectivity index (χ1n) is 8.86. The van der Waals surface area contributed by atoms with Crippen LogP contribution in [0.25, 0.3) is 0 Å². The van der Waals surface area contributed by atoms with E-state index in [9.17, 15) is 4.79 Å². The van der Waals surface area contributed by atoms with Crippen LogP contribution in [0.1, 0.15) is 96.8 Å². The Morgan fingerprint density at radius 2 is 1.18 bits per heavy atom. The van der Waals surface area contributed by atoms with Crippen LogP contribution in [0, 0.1) is 0 Å². The number of carbonyl (C=O) groups is 1. The Kier molecular flexibility index (Phi) is 25.4. The second-order valence-electron chi connectivity index (χ2n) is 5.73. The number of hydrogen-bond acceptors (Lipinski definition) is 2. The average Bonchev–Trinajstić information content (AvgIpc) is 2.53. The Morgan fingerprint density at radius 1 is 0.773 bits per heavy atom. The molecule has 0 unspecified atom stereocenters. The Bertz CT molecular complexity index is 242. The molecular formula is C18H35O3Ti. The summed E-state index contributed by atoms with van der Waals surface area (Å²) in [5.74, 6) is -0.664. The third-order valence-corrected chi connectivity index (χ3v) is 3.65. The van der Waals surface area contributed by atoms with Gasteiger partial charge in [-0.25, -0.2) is 0 Å². The Labute approximate surface area is 149 Å². The molecule has 0 aromatic carbocycles. The van der Waals surface area contributed by atoms with Crippen molar-refractivity contribution in [3.63, 3.8) is 0 Å². The molecule has 2 N–H and O–H groups in total. The second-order valence-corrected chi connectivity index (χ2v) is 5.73. The van der Waals surface area contributed by atoms with Crippen molar-refractivity contribution >= 4 is 5.97 Å². The van der Waals surface area contributed by atoms with Gasteiger partial charge in [0.25, 0.3) is 0 Å². The van der Waals surface area contributed by atoms with Gasteiger partial charge < -0.3 is 5.11 Å². The van der Waals surface area contributed by atoms with Crippen molar-refractivity contribution < 1.29 is 34.4 Å². The molecule has 0 aliphatic heterocycles. The van der Waals surface area contributed by atoms with Crippen molar-refractivity contribution in [2.45, 2.75) is 96.8 Å². The topological polar surface area (TPSA) is 57.5 Å². The number of hydrogen-bond donors (Lipinski definition) is 2. The first-order chi connectivity index (χ1) is 10.8. The van der Waals surface area contributed by atoms with Gasteiger partial charge in [0.1, 0.15) is 0 Å². The molecule has 0 saturated carbocycles. The maximum atomic E-state index is 10.3. The van der Waals surface area contributed by atoms with Gasteiger partial charge >= 0.3 is 30.5 Å². The van der Waals surface area contributed by atoms with Gasteiger partial charge in [0.2, 0.25) is 0 Å². The number of carboxylic acid groups (broad SMARTS) is 1. The summed E-state index contributed by atoms with van der Waals surface area (Å²) in [7, 11) is 0. The van der Waals surface area contributed by atoms with Crippen molar-refractivity contribution in [3.8, 4) is 0 Å². The summed E-state index contributed by atoms with van der Waals surface area (Å²) in [5, 5.41) is 8.51. The molecule has 0 aromatic heterocycles. The van der Waals surface area contributed by atoms with Gasteiger partial charge in [0.15, 0.2) is 0 Å². The van der Waals surface area contributed by atoms with E-state index >= 15 is 0 Å². The molecule has 0 spiro atoms. The van der Waals surface area contributed by atoms with Crippen LogP contribution in [-0.4, -0.2) is 14.8 Å². The number of carboxylic acids is 1. The predicted octanol–water partition coefficient (Wildman–Crippen LogP) is 5.55. The Hall–Kier alpha value is -0.116. The number of unbranched alkanes of at least 4 members (excludes halogenated alkanes) is 11. The van der Waals surface area contributed by atoms with Gasteiger partial charge in [0, 0.05) is 6.42 Å². The van der Waals surface area contributed by atoms with E-state index in [-0.39, 0.29) is 0 Å². The molecular weight excluding hydrogens is 312 g/mol. The van der Waals surface area contributed by atoms with E-state index in [1.165, 1.54) is 70.6 Å². The third-order valence-electron chi connectivity index (χ3n) is 3.65. The molecule has 0 aliphatic carbocycles. The van der Waals surface area contributed by atoms with Gasteiger partial charge in [-0.2, -0.15) is 0 Å². The van der Waals surface area contributed by atoms with Gasteiger partial charge in [-0.15, -0.1) is 0 Å². The van der Waals surface area contributed by atoms with Gasteiger partial charge in [-0.1, -0.05) is 70.4 Å². The molecule has 129 valence electrons. The second kappa shape index (κ2) is 23.2. The summed E-state index contributed by atoms with van der Waals surface area (Å²) in [6.07, 6.45) is 21.2. The van der Waals surface area contributed by atoms with Crippen LogP contribution in [0.2, 0.25) is 0 Å². The molecule has 4 heteroatoms. The predicted molar refractivity (Wildman–Crippen MR) is 89.3 cm³/mol. The van der Waals surface area contributed by atoms with E-state index in [0.29, 0.717) is 6.42 Å². The average molecular weight is 347 g/mol. The monoisotopic (exact) mass is 347 g/mol. The van der Waals surface area contributed by atoms with E-state index in [1.54, 1.807) is 0 Å². The fourth-order valence-electron chi connectivity index (χ4n) is 2.35. The molecule has 3 nitrogen and oxygen atoms in total. The van der Waals surface area contributed by atoms with Gasteiger partial charge in [-0.3, -0.25) is 4.79 Å². The Balaban J connectivity index is 0. The zero-order valence-electron chi connectivity index (χ0n) is 14.4. The first-order valence-corrected chi connectivity index (χ1v) is 9.56. The molecule has 0 saturated heterocycles. The molecule has 0 rings (SSSR count). The number of rotatable bonds is 15. The minimum absolute atomic E-state index is 0.332. The van der Waals surface area contributed by atoms with Crippen molar-refractivity contribution in [1.29, 1.82) is 0 Å². The summed E-state index contributed by atoms with van der Waals surface area (Å²) < 4.78 is 7.00. The van der Waals surface area contributed by atoms with Crippen molar-refractivity contribution in [1.82, 2.24) is 0 Å². The first kappa shape index (κ1) is 24.1. The zero-order valence-corrected chi connectivity index (χ0v) is 15.9. The molecule has 0 bridgehead atoms. The minimum atomic E-state index is -0.664. The van der Waals surface area contributed by atoms with Crippen molar-refractivity contribution in [3.05, 3.63) is 12.2 Å². The summed E-state index contributed by atoms with van der Waals surface area (Å²) in [5.41, 5.74) is 0. The van der Waals surface area contributed by atoms with Crippen LogP contribution in [0.5, 0.6) is 0 Å². The Morgan fingerprint density at radius 3 is 1.64 bits per heavy atom. The van der Waals surface area contributed by atoms with Crippen LogP contribution in [0.3, 0.4) is 0 Å². The molecule has 0 heterocycles. The van der Waals surface area contributed by atoms with Crippen LogP contribution >= 0.6 is 0 Å². The molecule has 0 aliphatic rings.